The Morgan fingerprint density at radius 1 is 1.29 bits per heavy atom. The first-order chi connectivity index (χ1) is 6.95. The van der Waals surface area contributed by atoms with Crippen LogP contribution in [0.15, 0.2) is 36.6 Å². The van der Waals surface area contributed by atoms with Crippen LogP contribution < -0.4 is 5.32 Å². The first-order valence-electron chi connectivity index (χ1n) is 5.04. The summed E-state index contributed by atoms with van der Waals surface area (Å²) in [7, 11) is 0. The number of benzene rings is 1. The van der Waals surface area contributed by atoms with E-state index < -0.39 is 0 Å². The third-order valence-corrected chi connectivity index (χ3v) is 3.07. The molecule has 2 aliphatic rings. The van der Waals surface area contributed by atoms with Crippen LogP contribution in [-0.4, -0.2) is 12.6 Å². The molecule has 2 unspecified atom stereocenters. The second-order valence-electron chi connectivity index (χ2n) is 3.87. The third kappa shape index (κ3) is 1.15. The van der Waals surface area contributed by atoms with E-state index in [9.17, 15) is 0 Å². The van der Waals surface area contributed by atoms with Gasteiger partial charge in [-0.05, 0) is 17.2 Å². The summed E-state index contributed by atoms with van der Waals surface area (Å²) in [4.78, 5) is 0. The summed E-state index contributed by atoms with van der Waals surface area (Å²) < 4.78 is 5.38. The Kier molecular flexibility index (Phi) is 1.81. The van der Waals surface area contributed by atoms with Gasteiger partial charge in [-0.2, -0.15) is 0 Å². The molecule has 0 saturated heterocycles. The van der Waals surface area contributed by atoms with E-state index in [4.69, 9.17) is 4.74 Å². The van der Waals surface area contributed by atoms with Crippen LogP contribution in [0.25, 0.3) is 0 Å². The molecule has 1 aromatic rings. The molecule has 14 heavy (non-hydrogen) atoms. The molecule has 0 saturated carbocycles. The van der Waals surface area contributed by atoms with E-state index in [0.717, 1.165) is 13.2 Å². The summed E-state index contributed by atoms with van der Waals surface area (Å²) in [5.74, 6) is 0.491. The van der Waals surface area contributed by atoms with E-state index in [0.29, 0.717) is 12.0 Å². The van der Waals surface area contributed by atoms with E-state index in [1.54, 1.807) is 0 Å². The van der Waals surface area contributed by atoms with Crippen molar-refractivity contribution in [2.45, 2.75) is 18.5 Å². The van der Waals surface area contributed by atoms with E-state index in [1.165, 1.54) is 11.1 Å². The summed E-state index contributed by atoms with van der Waals surface area (Å²) in [5.41, 5.74) is 2.85. The van der Waals surface area contributed by atoms with Crippen molar-refractivity contribution in [2.24, 2.45) is 0 Å². The summed E-state index contributed by atoms with van der Waals surface area (Å²) >= 11 is 0. The second-order valence-corrected chi connectivity index (χ2v) is 3.87. The number of ether oxygens (including phenoxy) is 1. The lowest BCUT2D eigenvalue weighted by Crippen LogP contribution is -2.41. The molecule has 2 atom stereocenters. The minimum Gasteiger partial charge on any atom is -0.501 e. The highest BCUT2D eigenvalue weighted by Crippen LogP contribution is 2.30. The lowest BCUT2D eigenvalue weighted by molar-refractivity contribution is 0.185. The van der Waals surface area contributed by atoms with Gasteiger partial charge in [-0.15, -0.1) is 0 Å². The fourth-order valence-electron chi connectivity index (χ4n) is 2.32. The van der Waals surface area contributed by atoms with Crippen LogP contribution in [-0.2, 0) is 11.3 Å². The van der Waals surface area contributed by atoms with Gasteiger partial charge < -0.3 is 10.1 Å². The molecule has 2 heterocycles. The molecule has 2 nitrogen and oxygen atoms in total. The molecule has 0 amide bonds. The summed E-state index contributed by atoms with van der Waals surface area (Å²) in [6.07, 6.45) is 3.92. The van der Waals surface area contributed by atoms with Crippen LogP contribution in [0.5, 0.6) is 0 Å². The van der Waals surface area contributed by atoms with Crippen LogP contribution in [0.2, 0.25) is 0 Å². The zero-order valence-electron chi connectivity index (χ0n) is 7.94. The highest BCUT2D eigenvalue weighted by atomic mass is 16.5. The maximum Gasteiger partial charge on any atom is 0.0959 e. The Hall–Kier alpha value is -1.28. The minimum atomic E-state index is 0.457. The van der Waals surface area contributed by atoms with Gasteiger partial charge in [0.2, 0.25) is 0 Å². The summed E-state index contributed by atoms with van der Waals surface area (Å²) in [6, 6.07) is 9.08. The van der Waals surface area contributed by atoms with Gasteiger partial charge in [0.1, 0.15) is 0 Å². The number of hydrogen-bond acceptors (Lipinski definition) is 2. The van der Waals surface area contributed by atoms with Crippen molar-refractivity contribution >= 4 is 0 Å². The van der Waals surface area contributed by atoms with Gasteiger partial charge >= 0.3 is 0 Å². The normalized spacial score (nSPS) is 28.9. The molecule has 0 radical (unpaired) electrons. The molecule has 0 aromatic heterocycles. The van der Waals surface area contributed by atoms with Crippen LogP contribution in [0, 0.1) is 0 Å². The van der Waals surface area contributed by atoms with Crippen molar-refractivity contribution in [3.8, 4) is 0 Å². The van der Waals surface area contributed by atoms with Gasteiger partial charge in [0.05, 0.1) is 12.9 Å². The van der Waals surface area contributed by atoms with Gasteiger partial charge in [-0.3, -0.25) is 0 Å². The Labute approximate surface area is 83.6 Å². The van der Waals surface area contributed by atoms with Crippen LogP contribution in [0.1, 0.15) is 17.0 Å². The molecule has 2 heteroatoms. The molecule has 0 bridgehead atoms. The van der Waals surface area contributed by atoms with Gasteiger partial charge in [0, 0.05) is 18.5 Å². The number of nitrogens with one attached hydrogen (secondary N) is 1. The van der Waals surface area contributed by atoms with Crippen molar-refractivity contribution < 1.29 is 4.74 Å². The molecule has 3 rings (SSSR count). The van der Waals surface area contributed by atoms with Crippen molar-refractivity contribution in [1.29, 1.82) is 0 Å². The Bertz CT molecular complexity index is 372. The quantitative estimate of drug-likeness (QED) is 0.668. The predicted molar refractivity (Wildman–Crippen MR) is 54.9 cm³/mol. The van der Waals surface area contributed by atoms with Crippen LogP contribution in [0.4, 0.5) is 0 Å². The number of hydrogen-bond donors (Lipinski definition) is 1. The zero-order valence-corrected chi connectivity index (χ0v) is 7.94. The smallest absolute Gasteiger partial charge is 0.0959 e. The van der Waals surface area contributed by atoms with E-state index in [-0.39, 0.29) is 0 Å². The molecular formula is C12H13NO. The fourth-order valence-corrected chi connectivity index (χ4v) is 2.32. The Balaban J connectivity index is 2.04. The number of fused-ring (bicyclic) bond motifs is 3. The van der Waals surface area contributed by atoms with Gasteiger partial charge in [-0.25, -0.2) is 0 Å². The molecule has 0 fully saturated rings. The molecule has 0 aliphatic carbocycles. The van der Waals surface area contributed by atoms with Gasteiger partial charge in [0.15, 0.2) is 0 Å². The van der Waals surface area contributed by atoms with Gasteiger partial charge in [0.25, 0.3) is 0 Å². The molecule has 0 spiro atoms. The topological polar surface area (TPSA) is 21.3 Å². The monoisotopic (exact) mass is 187 g/mol. The van der Waals surface area contributed by atoms with E-state index in [2.05, 4.69) is 35.7 Å². The first kappa shape index (κ1) is 8.06. The third-order valence-electron chi connectivity index (χ3n) is 3.07. The maximum atomic E-state index is 5.38. The van der Waals surface area contributed by atoms with Crippen molar-refractivity contribution in [3.63, 3.8) is 0 Å². The van der Waals surface area contributed by atoms with E-state index in [1.807, 2.05) is 6.26 Å². The first-order valence-corrected chi connectivity index (χ1v) is 5.04. The number of rotatable bonds is 0. The molecule has 1 aromatic carbocycles. The second kappa shape index (κ2) is 3.14. The van der Waals surface area contributed by atoms with Crippen molar-refractivity contribution in [1.82, 2.24) is 5.32 Å². The SMILES string of the molecule is C1=CC2NCc3ccccc3C2CO1. The molecule has 72 valence electrons. The standard InChI is InChI=1S/C12H13NO/c1-2-4-10-9(3-1)7-13-12-5-6-14-8-11(10)12/h1-6,11-13H,7-8H2. The van der Waals surface area contributed by atoms with E-state index >= 15 is 0 Å². The van der Waals surface area contributed by atoms with Crippen LogP contribution >= 0.6 is 0 Å². The molecular weight excluding hydrogens is 174 g/mol. The lowest BCUT2D eigenvalue weighted by atomic mass is 9.84. The molecule has 1 N–H and O–H groups in total. The molecule has 2 aliphatic heterocycles. The van der Waals surface area contributed by atoms with Crippen LogP contribution in [0.3, 0.4) is 0 Å². The largest absolute Gasteiger partial charge is 0.501 e. The predicted octanol–water partition coefficient (Wildman–Crippen LogP) is 1.79. The maximum absolute atomic E-state index is 5.38. The highest BCUT2D eigenvalue weighted by molar-refractivity contribution is 5.35. The highest BCUT2D eigenvalue weighted by Gasteiger charge is 2.29. The average molecular weight is 187 g/mol. The lowest BCUT2D eigenvalue weighted by Gasteiger charge is -2.34. The Morgan fingerprint density at radius 2 is 2.21 bits per heavy atom. The summed E-state index contributed by atoms with van der Waals surface area (Å²) in [5, 5.41) is 3.51. The van der Waals surface area contributed by atoms with Gasteiger partial charge in [-0.1, -0.05) is 24.3 Å². The Morgan fingerprint density at radius 3 is 3.21 bits per heavy atom. The zero-order chi connectivity index (χ0) is 9.38. The minimum absolute atomic E-state index is 0.457. The van der Waals surface area contributed by atoms with Crippen molar-refractivity contribution in [2.75, 3.05) is 6.61 Å². The summed E-state index contributed by atoms with van der Waals surface area (Å²) in [6.45, 7) is 1.77. The van der Waals surface area contributed by atoms with Crippen molar-refractivity contribution in [3.05, 3.63) is 47.7 Å². The fraction of sp³-hybridized carbons (Fsp3) is 0.333. The average Bonchev–Trinajstić information content (AvgIpc) is 2.29.